The molecule has 0 atom stereocenters. The van der Waals surface area contributed by atoms with Crippen molar-refractivity contribution in [2.75, 3.05) is 13.1 Å². The second-order valence-corrected chi connectivity index (χ2v) is 8.11. The molecule has 4 aromatic rings. The van der Waals surface area contributed by atoms with Gasteiger partial charge in [0.05, 0.1) is 11.4 Å². The Bertz CT molecular complexity index is 1230. The van der Waals surface area contributed by atoms with Gasteiger partial charge in [0.25, 0.3) is 5.56 Å². The molecule has 0 spiro atoms. The number of thiazole rings is 1. The quantitative estimate of drug-likeness (QED) is 0.499. The molecule has 2 aromatic carbocycles. The van der Waals surface area contributed by atoms with Gasteiger partial charge in [-0.2, -0.15) is 0 Å². The molecule has 144 valence electrons. The van der Waals surface area contributed by atoms with Crippen molar-refractivity contribution in [2.24, 2.45) is 0 Å². The maximum Gasteiger partial charge on any atom is 0.259 e. The van der Waals surface area contributed by atoms with E-state index >= 15 is 0 Å². The predicted molar refractivity (Wildman–Crippen MR) is 119 cm³/mol. The van der Waals surface area contributed by atoms with Gasteiger partial charge < -0.3 is 0 Å². The smallest absolute Gasteiger partial charge is 0.259 e. The average molecular weight is 400 g/mol. The van der Waals surface area contributed by atoms with Crippen LogP contribution in [-0.4, -0.2) is 27.4 Å². The number of fused-ring (bicyclic) bond motifs is 1. The Balaban J connectivity index is 1.37. The van der Waals surface area contributed by atoms with E-state index in [0.29, 0.717) is 6.54 Å². The van der Waals surface area contributed by atoms with Crippen LogP contribution in [0.25, 0.3) is 21.8 Å². The van der Waals surface area contributed by atoms with Gasteiger partial charge >= 0.3 is 0 Å². The van der Waals surface area contributed by atoms with Gasteiger partial charge in [-0.15, -0.1) is 11.3 Å². The van der Waals surface area contributed by atoms with Crippen molar-refractivity contribution in [3.63, 3.8) is 0 Å². The minimum atomic E-state index is -0.0115. The van der Waals surface area contributed by atoms with Crippen molar-refractivity contribution >= 4 is 21.9 Å². The van der Waals surface area contributed by atoms with Gasteiger partial charge in [-0.25, -0.2) is 4.98 Å². The molecule has 0 unspecified atom stereocenters. The first-order valence-corrected chi connectivity index (χ1v) is 10.7. The first-order valence-electron chi connectivity index (χ1n) is 9.80. The Morgan fingerprint density at radius 1 is 0.966 bits per heavy atom. The van der Waals surface area contributed by atoms with Gasteiger partial charge in [0.15, 0.2) is 4.96 Å². The minimum absolute atomic E-state index is 0.0115. The molecule has 0 amide bonds. The largest absolute Gasteiger partial charge is 0.294 e. The molecule has 0 aliphatic carbocycles. The Morgan fingerprint density at radius 3 is 2.38 bits per heavy atom. The van der Waals surface area contributed by atoms with Crippen LogP contribution < -0.4 is 5.56 Å². The maximum absolute atomic E-state index is 12.8. The zero-order valence-corrected chi connectivity index (χ0v) is 16.8. The summed E-state index contributed by atoms with van der Waals surface area (Å²) in [5, 5.41) is 2.01. The van der Waals surface area contributed by atoms with E-state index in [1.165, 1.54) is 22.5 Å². The topological polar surface area (TPSA) is 37.6 Å². The van der Waals surface area contributed by atoms with E-state index in [0.717, 1.165) is 41.4 Å². The molecule has 2 aromatic heterocycles. The second kappa shape index (κ2) is 7.78. The summed E-state index contributed by atoms with van der Waals surface area (Å²) in [4.78, 5) is 20.7. The van der Waals surface area contributed by atoms with Crippen LogP contribution in [0.1, 0.15) is 17.7 Å². The molecular formula is C24H21N3OS. The van der Waals surface area contributed by atoms with Gasteiger partial charge in [-0.05, 0) is 23.1 Å². The number of nitrogens with zero attached hydrogens (tertiary/aromatic N) is 3. The SMILES string of the molecule is O=c1cc(CN2CC=C(c3ccccc3)CC2)nc2scc(-c3ccccc3)n12. The lowest BCUT2D eigenvalue weighted by Gasteiger charge is -2.26. The molecule has 4 nitrogen and oxygen atoms in total. The predicted octanol–water partition coefficient (Wildman–Crippen LogP) is 4.71. The van der Waals surface area contributed by atoms with Crippen LogP contribution in [-0.2, 0) is 6.54 Å². The van der Waals surface area contributed by atoms with E-state index in [2.05, 4.69) is 35.2 Å². The fourth-order valence-corrected chi connectivity index (χ4v) is 4.78. The third kappa shape index (κ3) is 3.67. The van der Waals surface area contributed by atoms with Crippen LogP contribution in [0, 0.1) is 0 Å². The highest BCUT2D eigenvalue weighted by molar-refractivity contribution is 7.15. The second-order valence-electron chi connectivity index (χ2n) is 7.27. The van der Waals surface area contributed by atoms with Crippen molar-refractivity contribution < 1.29 is 0 Å². The Morgan fingerprint density at radius 2 is 1.69 bits per heavy atom. The summed E-state index contributed by atoms with van der Waals surface area (Å²) in [6, 6.07) is 22.2. The summed E-state index contributed by atoms with van der Waals surface area (Å²) in [5.41, 5.74) is 5.47. The standard InChI is InChI=1S/C24H21N3OS/c28-23-15-21(16-26-13-11-19(12-14-26)18-7-3-1-4-8-18)25-24-27(23)22(17-29-24)20-9-5-2-6-10-20/h1-11,15,17H,12-14,16H2. The van der Waals surface area contributed by atoms with Crippen LogP contribution in [0.5, 0.6) is 0 Å². The highest BCUT2D eigenvalue weighted by Crippen LogP contribution is 2.25. The number of hydrogen-bond donors (Lipinski definition) is 0. The van der Waals surface area contributed by atoms with Crippen molar-refractivity contribution in [2.45, 2.75) is 13.0 Å². The lowest BCUT2D eigenvalue weighted by atomic mass is 9.99. The lowest BCUT2D eigenvalue weighted by Crippen LogP contribution is -2.29. The molecule has 5 heteroatoms. The van der Waals surface area contributed by atoms with Crippen molar-refractivity contribution in [3.05, 3.63) is 99.8 Å². The molecule has 0 saturated heterocycles. The van der Waals surface area contributed by atoms with E-state index in [-0.39, 0.29) is 5.56 Å². The van der Waals surface area contributed by atoms with Crippen LogP contribution in [0.4, 0.5) is 0 Å². The average Bonchev–Trinajstić information content (AvgIpc) is 3.20. The molecule has 1 aliphatic rings. The van der Waals surface area contributed by atoms with Gasteiger partial charge in [-0.3, -0.25) is 14.1 Å². The van der Waals surface area contributed by atoms with Gasteiger partial charge in [-0.1, -0.05) is 66.7 Å². The van der Waals surface area contributed by atoms with Crippen LogP contribution in [0.3, 0.4) is 0 Å². The summed E-state index contributed by atoms with van der Waals surface area (Å²) in [7, 11) is 0. The molecule has 5 rings (SSSR count). The summed E-state index contributed by atoms with van der Waals surface area (Å²) >= 11 is 1.52. The van der Waals surface area contributed by atoms with Gasteiger partial charge in [0.1, 0.15) is 0 Å². The monoisotopic (exact) mass is 399 g/mol. The van der Waals surface area contributed by atoms with Crippen molar-refractivity contribution in [1.82, 2.24) is 14.3 Å². The third-order valence-corrected chi connectivity index (χ3v) is 6.18. The first-order chi connectivity index (χ1) is 14.3. The Labute approximate surface area is 173 Å². The number of aromatic nitrogens is 2. The molecular weight excluding hydrogens is 378 g/mol. The summed E-state index contributed by atoms with van der Waals surface area (Å²) in [6.07, 6.45) is 3.31. The summed E-state index contributed by atoms with van der Waals surface area (Å²) < 4.78 is 1.72. The highest BCUT2D eigenvalue weighted by Gasteiger charge is 2.16. The molecule has 1 aliphatic heterocycles. The van der Waals surface area contributed by atoms with Crippen molar-refractivity contribution in [1.29, 1.82) is 0 Å². The molecule has 0 saturated carbocycles. The minimum Gasteiger partial charge on any atom is -0.294 e. The summed E-state index contributed by atoms with van der Waals surface area (Å²) in [5.74, 6) is 0. The fourth-order valence-electron chi connectivity index (χ4n) is 3.85. The molecule has 0 radical (unpaired) electrons. The van der Waals surface area contributed by atoms with E-state index in [4.69, 9.17) is 4.98 Å². The molecule has 0 N–H and O–H groups in total. The lowest BCUT2D eigenvalue weighted by molar-refractivity contribution is 0.290. The third-order valence-electron chi connectivity index (χ3n) is 5.35. The van der Waals surface area contributed by atoms with E-state index < -0.39 is 0 Å². The number of rotatable bonds is 4. The maximum atomic E-state index is 12.8. The molecule has 0 fully saturated rings. The number of benzene rings is 2. The Kier molecular flexibility index (Phi) is 4.84. The van der Waals surface area contributed by atoms with Crippen LogP contribution in [0.2, 0.25) is 0 Å². The summed E-state index contributed by atoms with van der Waals surface area (Å²) in [6.45, 7) is 2.55. The fraction of sp³-hybridized carbons (Fsp3) is 0.167. The van der Waals surface area contributed by atoms with E-state index in [1.54, 1.807) is 10.5 Å². The van der Waals surface area contributed by atoms with Gasteiger partial charge in [0.2, 0.25) is 0 Å². The zero-order valence-electron chi connectivity index (χ0n) is 16.0. The molecule has 29 heavy (non-hydrogen) atoms. The normalized spacial score (nSPS) is 14.8. The first kappa shape index (κ1) is 18.0. The number of hydrogen-bond acceptors (Lipinski definition) is 4. The Hall–Kier alpha value is -3.02. The molecule has 3 heterocycles. The van der Waals surface area contributed by atoms with Crippen molar-refractivity contribution in [3.8, 4) is 11.3 Å². The highest BCUT2D eigenvalue weighted by atomic mass is 32.1. The zero-order chi connectivity index (χ0) is 19.6. The van der Waals surface area contributed by atoms with Crippen LogP contribution in [0.15, 0.2) is 83.0 Å². The molecule has 0 bridgehead atoms. The van der Waals surface area contributed by atoms with E-state index in [1.807, 2.05) is 41.8 Å². The van der Waals surface area contributed by atoms with Crippen LogP contribution >= 0.6 is 11.3 Å². The van der Waals surface area contributed by atoms with Gasteiger partial charge in [0, 0.05) is 31.1 Å². The van der Waals surface area contributed by atoms with E-state index in [9.17, 15) is 4.79 Å².